The fourth-order valence-electron chi connectivity index (χ4n) is 1.81. The van der Waals surface area contributed by atoms with E-state index >= 15 is 0 Å². The van der Waals surface area contributed by atoms with Gasteiger partial charge in [-0.05, 0) is 12.5 Å². The minimum absolute atomic E-state index is 0.134. The summed E-state index contributed by atoms with van der Waals surface area (Å²) in [6.07, 6.45) is 1.99. The first-order chi connectivity index (χ1) is 9.58. The second kappa shape index (κ2) is 6.33. The van der Waals surface area contributed by atoms with E-state index in [4.69, 9.17) is 26.2 Å². The van der Waals surface area contributed by atoms with Gasteiger partial charge in [0.2, 0.25) is 0 Å². The van der Waals surface area contributed by atoms with Gasteiger partial charge in [0.15, 0.2) is 11.5 Å². The maximum atomic E-state index is 11.1. The third kappa shape index (κ3) is 2.83. The molecular weight excluding hydrogens is 300 g/mol. The van der Waals surface area contributed by atoms with E-state index in [2.05, 4.69) is 6.92 Å². The van der Waals surface area contributed by atoms with Gasteiger partial charge in [-0.25, -0.2) is 4.79 Å². The topological polar surface area (TPSA) is 55.8 Å². The average Bonchev–Trinajstić information content (AvgIpc) is 2.75. The van der Waals surface area contributed by atoms with Gasteiger partial charge in [-0.1, -0.05) is 24.9 Å². The Morgan fingerprint density at radius 1 is 1.40 bits per heavy atom. The van der Waals surface area contributed by atoms with E-state index in [1.54, 1.807) is 19.2 Å². The zero-order chi connectivity index (χ0) is 14.7. The number of carboxylic acid groups (broad SMARTS) is 1. The summed E-state index contributed by atoms with van der Waals surface area (Å²) in [5.74, 6) is 0.150. The van der Waals surface area contributed by atoms with Gasteiger partial charge in [0, 0.05) is 16.2 Å². The second-order valence-electron chi connectivity index (χ2n) is 4.25. The lowest BCUT2D eigenvalue weighted by molar-refractivity contribution is 0.0702. The number of carboxylic acids is 1. The number of unbranched alkanes of at least 4 members (excludes halogenated alkanes) is 1. The normalized spacial score (nSPS) is 10.8. The average molecular weight is 315 g/mol. The first-order valence-electron chi connectivity index (χ1n) is 6.24. The molecule has 0 radical (unpaired) electrons. The summed E-state index contributed by atoms with van der Waals surface area (Å²) in [5.41, 5.74) is 0. The van der Waals surface area contributed by atoms with Gasteiger partial charge in [-0.15, -0.1) is 11.3 Å². The Bertz CT molecular complexity index is 636. The van der Waals surface area contributed by atoms with Crippen LogP contribution in [0.4, 0.5) is 0 Å². The largest absolute Gasteiger partial charge is 0.493 e. The van der Waals surface area contributed by atoms with Crippen molar-refractivity contribution in [3.63, 3.8) is 0 Å². The predicted octanol–water partition coefficient (Wildman–Crippen LogP) is 4.44. The molecule has 2 rings (SSSR count). The highest BCUT2D eigenvalue weighted by Gasteiger charge is 2.18. The lowest BCUT2D eigenvalue weighted by atomic mass is 10.2. The summed E-state index contributed by atoms with van der Waals surface area (Å²) < 4.78 is 11.7. The van der Waals surface area contributed by atoms with Crippen LogP contribution in [0.15, 0.2) is 12.1 Å². The lowest BCUT2D eigenvalue weighted by Crippen LogP contribution is -1.98. The third-order valence-electron chi connectivity index (χ3n) is 2.86. The van der Waals surface area contributed by atoms with Crippen molar-refractivity contribution in [2.45, 2.75) is 19.8 Å². The summed E-state index contributed by atoms with van der Waals surface area (Å²) in [7, 11) is 1.55. The number of ether oxygens (including phenoxy) is 2. The monoisotopic (exact) mass is 314 g/mol. The molecule has 0 spiro atoms. The standard InChI is InChI=1S/C14H15ClO4S/c1-3-4-5-19-10-7-11-8(6-9(10)18-2)12(15)13(20-11)14(16)17/h6-7H,3-5H2,1-2H3,(H,16,17). The quantitative estimate of drug-likeness (QED) is 0.801. The molecule has 0 bridgehead atoms. The van der Waals surface area contributed by atoms with Crippen molar-refractivity contribution in [2.75, 3.05) is 13.7 Å². The van der Waals surface area contributed by atoms with Gasteiger partial charge in [0.1, 0.15) is 4.88 Å². The Hall–Kier alpha value is -1.46. The van der Waals surface area contributed by atoms with Crippen molar-refractivity contribution in [1.29, 1.82) is 0 Å². The van der Waals surface area contributed by atoms with Gasteiger partial charge in [-0.2, -0.15) is 0 Å². The number of methoxy groups -OCH3 is 1. The number of benzene rings is 1. The van der Waals surface area contributed by atoms with E-state index in [-0.39, 0.29) is 9.90 Å². The number of carbonyl (C=O) groups is 1. The maximum absolute atomic E-state index is 11.1. The van der Waals surface area contributed by atoms with Gasteiger partial charge < -0.3 is 14.6 Å². The van der Waals surface area contributed by atoms with Crippen molar-refractivity contribution in [3.8, 4) is 11.5 Å². The number of hydrogen-bond donors (Lipinski definition) is 1. The molecule has 0 aliphatic carbocycles. The van der Waals surface area contributed by atoms with Crippen LogP contribution in [0.1, 0.15) is 29.4 Å². The van der Waals surface area contributed by atoms with Crippen molar-refractivity contribution in [3.05, 3.63) is 22.0 Å². The Morgan fingerprint density at radius 2 is 2.15 bits per heavy atom. The molecule has 1 aromatic carbocycles. The molecule has 4 nitrogen and oxygen atoms in total. The summed E-state index contributed by atoms with van der Waals surface area (Å²) in [4.78, 5) is 11.2. The number of halogens is 1. The van der Waals surface area contributed by atoms with Crippen molar-refractivity contribution in [1.82, 2.24) is 0 Å². The van der Waals surface area contributed by atoms with Gasteiger partial charge in [0.05, 0.1) is 18.7 Å². The summed E-state index contributed by atoms with van der Waals surface area (Å²) in [6.45, 7) is 2.69. The molecule has 20 heavy (non-hydrogen) atoms. The summed E-state index contributed by atoms with van der Waals surface area (Å²) in [5, 5.41) is 10.0. The molecule has 0 aliphatic heterocycles. The van der Waals surface area contributed by atoms with Gasteiger partial charge in [-0.3, -0.25) is 0 Å². The molecule has 0 aliphatic rings. The molecule has 6 heteroatoms. The predicted molar refractivity (Wildman–Crippen MR) is 80.7 cm³/mol. The number of rotatable bonds is 6. The van der Waals surface area contributed by atoms with Gasteiger partial charge >= 0.3 is 5.97 Å². The van der Waals surface area contributed by atoms with E-state index in [9.17, 15) is 4.79 Å². The fraction of sp³-hybridized carbons (Fsp3) is 0.357. The Kier molecular flexibility index (Phi) is 4.73. The number of thiophene rings is 1. The van der Waals surface area contributed by atoms with Crippen LogP contribution in [0.5, 0.6) is 11.5 Å². The Labute approximate surface area is 125 Å². The van der Waals surface area contributed by atoms with Crippen LogP contribution in [0.25, 0.3) is 10.1 Å². The molecule has 0 atom stereocenters. The maximum Gasteiger partial charge on any atom is 0.347 e. The minimum atomic E-state index is -1.02. The highest BCUT2D eigenvalue weighted by atomic mass is 35.5. The van der Waals surface area contributed by atoms with E-state index in [0.29, 0.717) is 23.5 Å². The SMILES string of the molecule is CCCCOc1cc2sc(C(=O)O)c(Cl)c2cc1OC. The van der Waals surface area contributed by atoms with Crippen LogP contribution >= 0.6 is 22.9 Å². The van der Waals surface area contributed by atoms with E-state index in [1.165, 1.54) is 0 Å². The smallest absolute Gasteiger partial charge is 0.347 e. The van der Waals surface area contributed by atoms with E-state index < -0.39 is 5.97 Å². The molecule has 108 valence electrons. The molecule has 0 saturated heterocycles. The molecule has 1 N–H and O–H groups in total. The molecule has 1 aromatic heterocycles. The van der Waals surface area contributed by atoms with E-state index in [0.717, 1.165) is 28.9 Å². The third-order valence-corrected chi connectivity index (χ3v) is 4.51. The van der Waals surface area contributed by atoms with Crippen LogP contribution in [0.2, 0.25) is 5.02 Å². The van der Waals surface area contributed by atoms with Crippen molar-refractivity contribution >= 4 is 39.0 Å². The lowest BCUT2D eigenvalue weighted by Gasteiger charge is -2.10. The number of fused-ring (bicyclic) bond motifs is 1. The summed E-state index contributed by atoms with van der Waals surface area (Å²) >= 11 is 7.23. The van der Waals surface area contributed by atoms with Crippen LogP contribution in [-0.2, 0) is 0 Å². The zero-order valence-electron chi connectivity index (χ0n) is 11.2. The molecular formula is C14H15ClO4S. The second-order valence-corrected chi connectivity index (χ2v) is 5.68. The molecule has 0 unspecified atom stereocenters. The van der Waals surface area contributed by atoms with Crippen molar-refractivity contribution in [2.24, 2.45) is 0 Å². The molecule has 0 saturated carbocycles. The highest BCUT2D eigenvalue weighted by Crippen LogP contribution is 2.41. The van der Waals surface area contributed by atoms with Crippen LogP contribution in [-0.4, -0.2) is 24.8 Å². The first-order valence-corrected chi connectivity index (χ1v) is 7.44. The molecule has 0 fully saturated rings. The Morgan fingerprint density at radius 3 is 2.75 bits per heavy atom. The first kappa shape index (κ1) is 14.9. The number of aromatic carboxylic acids is 1. The number of hydrogen-bond acceptors (Lipinski definition) is 4. The van der Waals surface area contributed by atoms with E-state index in [1.807, 2.05) is 0 Å². The Balaban J connectivity index is 2.46. The minimum Gasteiger partial charge on any atom is -0.493 e. The van der Waals surface area contributed by atoms with Crippen LogP contribution in [0.3, 0.4) is 0 Å². The van der Waals surface area contributed by atoms with Gasteiger partial charge in [0.25, 0.3) is 0 Å². The highest BCUT2D eigenvalue weighted by molar-refractivity contribution is 7.21. The van der Waals surface area contributed by atoms with Crippen LogP contribution in [0, 0.1) is 0 Å². The fourth-order valence-corrected chi connectivity index (χ4v) is 3.16. The van der Waals surface area contributed by atoms with Crippen LogP contribution < -0.4 is 9.47 Å². The molecule has 0 amide bonds. The molecule has 1 heterocycles. The van der Waals surface area contributed by atoms with Crippen molar-refractivity contribution < 1.29 is 19.4 Å². The zero-order valence-corrected chi connectivity index (χ0v) is 12.8. The summed E-state index contributed by atoms with van der Waals surface area (Å²) in [6, 6.07) is 3.51. The molecule has 2 aromatic rings.